The number of piperidine rings is 1. The molecule has 27 heavy (non-hydrogen) atoms. The number of amides is 1. The van der Waals surface area contributed by atoms with Crippen molar-refractivity contribution in [3.63, 3.8) is 0 Å². The van der Waals surface area contributed by atoms with Crippen molar-refractivity contribution >= 4 is 28.8 Å². The molecule has 0 spiro atoms. The summed E-state index contributed by atoms with van der Waals surface area (Å²) in [6.07, 6.45) is 6.31. The topological polar surface area (TPSA) is 63.9 Å². The highest BCUT2D eigenvalue weighted by Crippen LogP contribution is 2.32. The molecule has 1 atom stereocenters. The van der Waals surface area contributed by atoms with Gasteiger partial charge in [-0.25, -0.2) is 14.1 Å². The molecule has 140 valence electrons. The van der Waals surface area contributed by atoms with Crippen molar-refractivity contribution in [3.05, 3.63) is 63.1 Å². The van der Waals surface area contributed by atoms with Gasteiger partial charge in [-0.3, -0.25) is 4.79 Å². The van der Waals surface area contributed by atoms with E-state index in [1.807, 2.05) is 10.3 Å². The first-order valence-corrected chi connectivity index (χ1v) is 9.92. The SMILES string of the molecule is O=C(c1cn(Cc2ccc(F)cc2Cl)nn1)N1CCCCC1c1nccs1. The predicted octanol–water partition coefficient (Wildman–Crippen LogP) is 3.94. The van der Waals surface area contributed by atoms with Gasteiger partial charge in [0.05, 0.1) is 18.8 Å². The Hall–Kier alpha value is -2.32. The van der Waals surface area contributed by atoms with E-state index in [9.17, 15) is 9.18 Å². The maximum absolute atomic E-state index is 13.2. The minimum absolute atomic E-state index is 0.0112. The number of carbonyl (C=O) groups excluding carboxylic acids is 1. The second-order valence-electron chi connectivity index (χ2n) is 6.42. The van der Waals surface area contributed by atoms with Crippen molar-refractivity contribution in [3.8, 4) is 0 Å². The summed E-state index contributed by atoms with van der Waals surface area (Å²) in [5, 5.41) is 11.3. The molecule has 0 aliphatic carbocycles. The third-order valence-corrected chi connectivity index (χ3v) is 5.83. The quantitative estimate of drug-likeness (QED) is 0.659. The van der Waals surface area contributed by atoms with E-state index in [1.165, 1.54) is 16.8 Å². The Balaban J connectivity index is 1.52. The van der Waals surface area contributed by atoms with Gasteiger partial charge in [-0.1, -0.05) is 22.9 Å². The largest absolute Gasteiger partial charge is 0.328 e. The number of thiazole rings is 1. The maximum Gasteiger partial charge on any atom is 0.276 e. The van der Waals surface area contributed by atoms with E-state index >= 15 is 0 Å². The zero-order chi connectivity index (χ0) is 18.8. The standard InChI is InChI=1S/C18H17ClFN5OS/c19-14-9-13(20)5-4-12(14)10-24-11-15(22-23-24)18(26)25-7-2-1-3-16(25)17-21-6-8-27-17/h4-6,8-9,11,16H,1-3,7,10H2. The average Bonchev–Trinajstić information content (AvgIpc) is 3.35. The number of benzene rings is 1. The monoisotopic (exact) mass is 405 g/mol. The zero-order valence-electron chi connectivity index (χ0n) is 14.4. The second kappa shape index (κ2) is 7.74. The van der Waals surface area contributed by atoms with Crippen molar-refractivity contribution < 1.29 is 9.18 Å². The maximum atomic E-state index is 13.2. The molecule has 1 aliphatic heterocycles. The molecule has 9 heteroatoms. The minimum Gasteiger partial charge on any atom is -0.328 e. The number of likely N-dealkylation sites (tertiary alicyclic amines) is 1. The molecule has 2 aromatic heterocycles. The molecule has 0 saturated carbocycles. The van der Waals surface area contributed by atoms with Crippen LogP contribution in [-0.4, -0.2) is 37.3 Å². The molecule has 3 aromatic rings. The van der Waals surface area contributed by atoms with Crippen molar-refractivity contribution in [2.45, 2.75) is 31.8 Å². The van der Waals surface area contributed by atoms with Crippen LogP contribution in [0.5, 0.6) is 0 Å². The molecule has 6 nitrogen and oxygen atoms in total. The highest BCUT2D eigenvalue weighted by molar-refractivity contribution is 7.09. The molecular weight excluding hydrogens is 389 g/mol. The van der Waals surface area contributed by atoms with E-state index in [4.69, 9.17) is 11.6 Å². The smallest absolute Gasteiger partial charge is 0.276 e. The van der Waals surface area contributed by atoms with Crippen molar-refractivity contribution in [1.82, 2.24) is 24.9 Å². The lowest BCUT2D eigenvalue weighted by atomic mass is 10.0. The van der Waals surface area contributed by atoms with Crippen molar-refractivity contribution in [1.29, 1.82) is 0 Å². The van der Waals surface area contributed by atoms with Gasteiger partial charge >= 0.3 is 0 Å². The number of rotatable bonds is 4. The molecule has 0 N–H and O–H groups in total. The fourth-order valence-corrected chi connectivity index (χ4v) is 4.29. The van der Waals surface area contributed by atoms with Gasteiger partial charge in [0.15, 0.2) is 5.69 Å². The van der Waals surface area contributed by atoms with Gasteiger partial charge in [-0.05, 0) is 37.0 Å². The predicted molar refractivity (Wildman–Crippen MR) is 100 cm³/mol. The average molecular weight is 406 g/mol. The zero-order valence-corrected chi connectivity index (χ0v) is 16.0. The van der Waals surface area contributed by atoms with Crippen LogP contribution in [0.4, 0.5) is 4.39 Å². The van der Waals surface area contributed by atoms with Crippen LogP contribution >= 0.6 is 22.9 Å². The Bertz CT molecular complexity index is 945. The minimum atomic E-state index is -0.392. The third-order valence-electron chi connectivity index (χ3n) is 4.61. The van der Waals surface area contributed by atoms with Crippen LogP contribution in [-0.2, 0) is 6.54 Å². The fourth-order valence-electron chi connectivity index (χ4n) is 3.28. The molecular formula is C18H17ClFN5OS. The lowest BCUT2D eigenvalue weighted by Gasteiger charge is -2.33. The van der Waals surface area contributed by atoms with E-state index in [2.05, 4.69) is 15.3 Å². The molecule has 0 radical (unpaired) electrons. The first kappa shape index (κ1) is 18.1. The van der Waals surface area contributed by atoms with Crippen LogP contribution in [0.1, 0.15) is 46.4 Å². The summed E-state index contributed by atoms with van der Waals surface area (Å²) in [5.74, 6) is -0.539. The van der Waals surface area contributed by atoms with Gasteiger partial charge in [0.25, 0.3) is 5.91 Å². The van der Waals surface area contributed by atoms with Crippen LogP contribution in [0.3, 0.4) is 0 Å². The van der Waals surface area contributed by atoms with Gasteiger partial charge in [0, 0.05) is 23.1 Å². The number of hydrogen-bond acceptors (Lipinski definition) is 5. The Morgan fingerprint density at radius 2 is 2.26 bits per heavy atom. The van der Waals surface area contributed by atoms with E-state index in [0.29, 0.717) is 23.7 Å². The fraction of sp³-hybridized carbons (Fsp3) is 0.333. The van der Waals surface area contributed by atoms with E-state index in [0.717, 1.165) is 24.3 Å². The number of halogens is 2. The first-order chi connectivity index (χ1) is 13.1. The Morgan fingerprint density at radius 3 is 3.04 bits per heavy atom. The van der Waals surface area contributed by atoms with E-state index in [1.54, 1.807) is 29.8 Å². The molecule has 1 fully saturated rings. The van der Waals surface area contributed by atoms with Crippen LogP contribution in [0, 0.1) is 5.82 Å². The molecule has 1 aliphatic rings. The summed E-state index contributed by atoms with van der Waals surface area (Å²) in [4.78, 5) is 19.2. The van der Waals surface area contributed by atoms with Gasteiger partial charge < -0.3 is 4.90 Å². The molecule has 3 heterocycles. The number of carbonyl (C=O) groups is 1. The van der Waals surface area contributed by atoms with Gasteiger partial charge in [0.2, 0.25) is 0 Å². The van der Waals surface area contributed by atoms with Crippen molar-refractivity contribution in [2.75, 3.05) is 6.54 Å². The molecule has 4 rings (SSSR count). The van der Waals surface area contributed by atoms with E-state index < -0.39 is 5.82 Å². The van der Waals surface area contributed by atoms with Crippen LogP contribution < -0.4 is 0 Å². The van der Waals surface area contributed by atoms with Gasteiger partial charge in [-0.2, -0.15) is 0 Å². The van der Waals surface area contributed by atoms with Crippen LogP contribution in [0.15, 0.2) is 36.0 Å². The number of aromatic nitrogens is 4. The molecule has 1 saturated heterocycles. The summed E-state index contributed by atoms with van der Waals surface area (Å²) in [5.41, 5.74) is 0.997. The molecule has 1 amide bonds. The third kappa shape index (κ3) is 3.86. The van der Waals surface area contributed by atoms with Crippen LogP contribution in [0.25, 0.3) is 0 Å². The molecule has 0 bridgehead atoms. The molecule has 1 aromatic carbocycles. The lowest BCUT2D eigenvalue weighted by Crippen LogP contribution is -2.38. The van der Waals surface area contributed by atoms with Crippen molar-refractivity contribution in [2.24, 2.45) is 0 Å². The first-order valence-electron chi connectivity index (χ1n) is 8.66. The summed E-state index contributed by atoms with van der Waals surface area (Å²) in [6.45, 7) is 0.995. The Kier molecular flexibility index (Phi) is 5.18. The number of hydrogen-bond donors (Lipinski definition) is 0. The normalized spacial score (nSPS) is 17.3. The van der Waals surface area contributed by atoms with Crippen LogP contribution in [0.2, 0.25) is 5.02 Å². The summed E-state index contributed by atoms with van der Waals surface area (Å²) >= 11 is 7.63. The summed E-state index contributed by atoms with van der Waals surface area (Å²) in [6, 6.07) is 4.19. The Morgan fingerprint density at radius 1 is 1.37 bits per heavy atom. The summed E-state index contributed by atoms with van der Waals surface area (Å²) in [7, 11) is 0. The molecule has 1 unspecified atom stereocenters. The number of nitrogens with zero attached hydrogens (tertiary/aromatic N) is 5. The Labute approximate surface area is 164 Å². The second-order valence-corrected chi connectivity index (χ2v) is 7.75. The highest BCUT2D eigenvalue weighted by atomic mass is 35.5. The highest BCUT2D eigenvalue weighted by Gasteiger charge is 2.31. The van der Waals surface area contributed by atoms with Gasteiger partial charge in [-0.15, -0.1) is 16.4 Å². The van der Waals surface area contributed by atoms with Gasteiger partial charge in [0.1, 0.15) is 10.8 Å². The lowest BCUT2D eigenvalue weighted by molar-refractivity contribution is 0.0605. The summed E-state index contributed by atoms with van der Waals surface area (Å²) < 4.78 is 14.7. The van der Waals surface area contributed by atoms with E-state index in [-0.39, 0.29) is 17.6 Å².